The van der Waals surface area contributed by atoms with Gasteiger partial charge in [0.1, 0.15) is 0 Å². The standard InChI is InChI=1S/C10H15N3OS/c1-12-3-4-13(2)9-7(12)6-15-10(9)8(14)5-11/h6H,3-5,11H2,1-2H3. The van der Waals surface area contributed by atoms with Crippen LogP contribution in [0.25, 0.3) is 0 Å². The predicted octanol–water partition coefficient (Wildman–Crippen LogP) is 0.776. The molecule has 2 rings (SSSR count). The van der Waals surface area contributed by atoms with Crippen molar-refractivity contribution in [2.75, 3.05) is 43.5 Å². The van der Waals surface area contributed by atoms with Crippen molar-refractivity contribution >= 4 is 28.5 Å². The molecule has 0 aliphatic carbocycles. The second kappa shape index (κ2) is 3.83. The minimum Gasteiger partial charge on any atom is -0.370 e. The van der Waals surface area contributed by atoms with Gasteiger partial charge < -0.3 is 15.5 Å². The zero-order valence-corrected chi connectivity index (χ0v) is 9.80. The molecule has 0 amide bonds. The normalized spacial score (nSPS) is 15.4. The van der Waals surface area contributed by atoms with Crippen LogP contribution in [-0.2, 0) is 0 Å². The summed E-state index contributed by atoms with van der Waals surface area (Å²) in [7, 11) is 4.07. The molecule has 0 saturated heterocycles. The van der Waals surface area contributed by atoms with Crippen molar-refractivity contribution in [1.82, 2.24) is 0 Å². The molecular weight excluding hydrogens is 210 g/mol. The number of hydrogen-bond donors (Lipinski definition) is 1. The van der Waals surface area contributed by atoms with Gasteiger partial charge in [-0.05, 0) is 0 Å². The van der Waals surface area contributed by atoms with Crippen molar-refractivity contribution in [3.05, 3.63) is 10.3 Å². The maximum atomic E-state index is 11.6. The summed E-state index contributed by atoms with van der Waals surface area (Å²) in [5.41, 5.74) is 7.59. The van der Waals surface area contributed by atoms with Crippen LogP contribution in [0.3, 0.4) is 0 Å². The number of fused-ring (bicyclic) bond motifs is 1. The molecule has 0 radical (unpaired) electrons. The Morgan fingerprint density at radius 2 is 2.13 bits per heavy atom. The number of hydrogen-bond acceptors (Lipinski definition) is 5. The fourth-order valence-electron chi connectivity index (χ4n) is 1.81. The first-order chi connectivity index (χ1) is 7.15. The van der Waals surface area contributed by atoms with Crippen LogP contribution in [0.4, 0.5) is 11.4 Å². The largest absolute Gasteiger partial charge is 0.370 e. The first-order valence-corrected chi connectivity index (χ1v) is 5.80. The molecule has 4 nitrogen and oxygen atoms in total. The zero-order valence-electron chi connectivity index (χ0n) is 8.99. The maximum Gasteiger partial charge on any atom is 0.188 e. The van der Waals surface area contributed by atoms with E-state index >= 15 is 0 Å². The number of ketones is 1. The summed E-state index contributed by atoms with van der Waals surface area (Å²) in [5.74, 6) is 0.0309. The summed E-state index contributed by atoms with van der Waals surface area (Å²) in [5, 5.41) is 2.04. The van der Waals surface area contributed by atoms with Crippen molar-refractivity contribution in [3.8, 4) is 0 Å². The van der Waals surface area contributed by atoms with Crippen molar-refractivity contribution in [2.24, 2.45) is 5.73 Å². The fraction of sp³-hybridized carbons (Fsp3) is 0.500. The Morgan fingerprint density at radius 1 is 1.47 bits per heavy atom. The number of carbonyl (C=O) groups is 1. The first-order valence-electron chi connectivity index (χ1n) is 4.92. The molecule has 1 aromatic rings. The lowest BCUT2D eigenvalue weighted by Crippen LogP contribution is -2.37. The lowest BCUT2D eigenvalue weighted by atomic mass is 10.2. The Balaban J connectivity index is 2.47. The smallest absolute Gasteiger partial charge is 0.188 e. The Kier molecular flexibility index (Phi) is 2.67. The third-order valence-electron chi connectivity index (χ3n) is 2.75. The van der Waals surface area contributed by atoms with Crippen molar-refractivity contribution in [1.29, 1.82) is 0 Å². The predicted molar refractivity (Wildman–Crippen MR) is 64.2 cm³/mol. The summed E-state index contributed by atoms with van der Waals surface area (Å²) in [6, 6.07) is 0. The van der Waals surface area contributed by atoms with E-state index in [-0.39, 0.29) is 12.3 Å². The molecule has 1 aliphatic heterocycles. The number of anilines is 2. The highest BCUT2D eigenvalue weighted by Crippen LogP contribution is 2.39. The lowest BCUT2D eigenvalue weighted by molar-refractivity contribution is 0.101. The topological polar surface area (TPSA) is 49.6 Å². The number of Topliss-reactive ketones (excluding diaryl/α,β-unsaturated/α-hetero) is 1. The molecule has 0 saturated carbocycles. The summed E-state index contributed by atoms with van der Waals surface area (Å²) in [6.45, 7) is 2.03. The van der Waals surface area contributed by atoms with Crippen LogP contribution in [0.2, 0.25) is 0 Å². The van der Waals surface area contributed by atoms with E-state index < -0.39 is 0 Å². The van der Waals surface area contributed by atoms with Crippen LogP contribution in [0, 0.1) is 0 Å². The second-order valence-electron chi connectivity index (χ2n) is 3.77. The van der Waals surface area contributed by atoms with E-state index in [1.165, 1.54) is 11.3 Å². The summed E-state index contributed by atoms with van der Waals surface area (Å²) in [6.07, 6.45) is 0. The molecule has 1 aromatic heterocycles. The Morgan fingerprint density at radius 3 is 2.80 bits per heavy atom. The average molecular weight is 225 g/mol. The molecule has 2 N–H and O–H groups in total. The van der Waals surface area contributed by atoms with Crippen molar-refractivity contribution in [2.45, 2.75) is 0 Å². The Hall–Kier alpha value is -1.07. The van der Waals surface area contributed by atoms with Gasteiger partial charge in [0.05, 0.1) is 22.8 Å². The van der Waals surface area contributed by atoms with Crippen LogP contribution in [0.5, 0.6) is 0 Å². The van der Waals surface area contributed by atoms with E-state index in [1.807, 2.05) is 12.4 Å². The highest BCUT2D eigenvalue weighted by Gasteiger charge is 2.25. The molecule has 0 atom stereocenters. The van der Waals surface area contributed by atoms with E-state index in [0.29, 0.717) is 0 Å². The first kappa shape index (κ1) is 10.4. The maximum absolute atomic E-state index is 11.6. The Bertz CT molecular complexity index is 388. The third-order valence-corrected chi connectivity index (χ3v) is 3.75. The van der Waals surface area contributed by atoms with E-state index in [4.69, 9.17) is 5.73 Å². The van der Waals surface area contributed by atoms with E-state index in [9.17, 15) is 4.79 Å². The van der Waals surface area contributed by atoms with Gasteiger partial charge in [0.2, 0.25) is 0 Å². The van der Waals surface area contributed by atoms with Gasteiger partial charge in [0.15, 0.2) is 5.78 Å². The molecule has 0 unspecified atom stereocenters. The van der Waals surface area contributed by atoms with E-state index in [1.54, 1.807) is 0 Å². The summed E-state index contributed by atoms with van der Waals surface area (Å²) < 4.78 is 0. The molecule has 2 heterocycles. The average Bonchev–Trinajstić information content (AvgIpc) is 2.68. The van der Waals surface area contributed by atoms with Gasteiger partial charge in [-0.2, -0.15) is 0 Å². The van der Waals surface area contributed by atoms with Gasteiger partial charge in [-0.25, -0.2) is 0 Å². The number of thiophene rings is 1. The molecule has 5 heteroatoms. The van der Waals surface area contributed by atoms with Gasteiger partial charge in [0.25, 0.3) is 0 Å². The number of nitrogens with two attached hydrogens (primary N) is 1. The highest BCUT2D eigenvalue weighted by atomic mass is 32.1. The molecule has 0 aromatic carbocycles. The molecule has 15 heavy (non-hydrogen) atoms. The molecular formula is C10H15N3OS. The van der Waals surface area contributed by atoms with Crippen molar-refractivity contribution in [3.63, 3.8) is 0 Å². The van der Waals surface area contributed by atoms with Crippen LogP contribution < -0.4 is 15.5 Å². The minimum atomic E-state index is 0.0309. The van der Waals surface area contributed by atoms with Crippen LogP contribution in [-0.4, -0.2) is 39.5 Å². The Labute approximate surface area is 93.3 Å². The molecule has 0 fully saturated rings. The number of likely N-dealkylation sites (N-methyl/N-ethyl adjacent to an activating group) is 2. The van der Waals surface area contributed by atoms with Crippen molar-refractivity contribution < 1.29 is 4.79 Å². The molecule has 0 spiro atoms. The number of carbonyl (C=O) groups excluding carboxylic acids is 1. The summed E-state index contributed by atoms with van der Waals surface area (Å²) in [4.78, 5) is 16.7. The van der Waals surface area contributed by atoms with E-state index in [2.05, 4.69) is 16.8 Å². The van der Waals surface area contributed by atoms with Gasteiger partial charge in [-0.15, -0.1) is 11.3 Å². The number of nitrogens with zero attached hydrogens (tertiary/aromatic N) is 2. The van der Waals surface area contributed by atoms with Gasteiger partial charge in [0, 0.05) is 32.6 Å². The van der Waals surface area contributed by atoms with Gasteiger partial charge >= 0.3 is 0 Å². The fourth-order valence-corrected chi connectivity index (χ4v) is 2.91. The van der Waals surface area contributed by atoms with E-state index in [0.717, 1.165) is 29.3 Å². The highest BCUT2D eigenvalue weighted by molar-refractivity contribution is 7.13. The monoisotopic (exact) mass is 225 g/mol. The summed E-state index contributed by atoms with van der Waals surface area (Å²) >= 11 is 1.49. The van der Waals surface area contributed by atoms with Crippen LogP contribution in [0.1, 0.15) is 9.67 Å². The van der Waals surface area contributed by atoms with Crippen LogP contribution >= 0.6 is 11.3 Å². The van der Waals surface area contributed by atoms with Gasteiger partial charge in [-0.3, -0.25) is 4.79 Å². The molecule has 82 valence electrons. The SMILES string of the molecule is CN1CCN(C)c2c1csc2C(=O)CN. The molecule has 0 bridgehead atoms. The number of rotatable bonds is 2. The molecule has 1 aliphatic rings. The quantitative estimate of drug-likeness (QED) is 0.756. The zero-order chi connectivity index (χ0) is 11.0. The lowest BCUT2D eigenvalue weighted by Gasteiger charge is -2.33. The minimum absolute atomic E-state index is 0.0309. The second-order valence-corrected chi connectivity index (χ2v) is 4.65. The third kappa shape index (κ3) is 1.61. The van der Waals surface area contributed by atoms with Crippen LogP contribution in [0.15, 0.2) is 5.38 Å². The van der Waals surface area contributed by atoms with Gasteiger partial charge in [-0.1, -0.05) is 0 Å².